The molecule has 0 spiro atoms. The molecule has 1 rings (SSSR count). The lowest BCUT2D eigenvalue weighted by Crippen LogP contribution is -2.36. The fraction of sp³-hybridized carbons (Fsp3) is 1.00. The largest absolute Gasteiger partial charge is 0.305 e. The molecule has 1 aliphatic rings. The minimum absolute atomic E-state index is 0.153. The molecule has 0 aromatic carbocycles. The molecule has 1 saturated carbocycles. The highest BCUT2D eigenvalue weighted by Gasteiger charge is 2.27. The third kappa shape index (κ3) is 6.61. The monoisotopic (exact) mass is 343 g/mol. The van der Waals surface area contributed by atoms with E-state index in [-0.39, 0.29) is 24.6 Å². The minimum Gasteiger partial charge on any atom is -0.215 e. The van der Waals surface area contributed by atoms with Crippen LogP contribution in [0.15, 0.2) is 0 Å². The van der Waals surface area contributed by atoms with Crippen LogP contribution in [0, 0.1) is 0 Å². The fourth-order valence-corrected chi connectivity index (χ4v) is 5.37. The number of halogens is 1. The molecule has 1 unspecified atom stereocenters. The Balaban J connectivity index is 2.38. The molecule has 0 bridgehead atoms. The number of hydrogen-bond acceptors (Lipinski definition) is 4. The van der Waals surface area contributed by atoms with Crippen molar-refractivity contribution in [1.82, 2.24) is 4.72 Å². The molecule has 1 N–H and O–H groups in total. The zero-order valence-corrected chi connectivity index (χ0v) is 14.2. The van der Waals surface area contributed by atoms with E-state index in [0.717, 1.165) is 19.3 Å². The summed E-state index contributed by atoms with van der Waals surface area (Å²) in [6.45, 7) is 1.97. The van der Waals surface area contributed by atoms with Crippen molar-refractivity contribution in [2.75, 3.05) is 6.54 Å². The van der Waals surface area contributed by atoms with E-state index >= 15 is 0 Å². The topological polar surface area (TPSA) is 80.3 Å². The van der Waals surface area contributed by atoms with E-state index in [0.29, 0.717) is 25.7 Å². The van der Waals surface area contributed by atoms with Gasteiger partial charge in [0.25, 0.3) is 0 Å². The molecule has 0 heterocycles. The Kier molecular flexibility index (Phi) is 7.56. The fourth-order valence-electron chi connectivity index (χ4n) is 2.79. The summed E-state index contributed by atoms with van der Waals surface area (Å²) >= 11 is 0. The van der Waals surface area contributed by atoms with Gasteiger partial charge >= 0.3 is 10.2 Å². The Labute approximate surface area is 128 Å². The molecule has 126 valence electrons. The first-order chi connectivity index (χ1) is 9.77. The highest BCUT2D eigenvalue weighted by molar-refractivity contribution is 7.90. The third-order valence-electron chi connectivity index (χ3n) is 4.01. The van der Waals surface area contributed by atoms with Gasteiger partial charge in [0.05, 0.1) is 10.5 Å². The van der Waals surface area contributed by atoms with Crippen LogP contribution in [0.25, 0.3) is 0 Å². The third-order valence-corrected chi connectivity index (χ3v) is 7.23. The molecule has 0 saturated heterocycles. The summed E-state index contributed by atoms with van der Waals surface area (Å²) in [7, 11) is -7.86. The number of rotatable bonds is 9. The van der Waals surface area contributed by atoms with Crippen molar-refractivity contribution in [2.45, 2.75) is 75.2 Å². The van der Waals surface area contributed by atoms with Crippen molar-refractivity contribution in [1.29, 1.82) is 0 Å². The molecule has 0 amide bonds. The van der Waals surface area contributed by atoms with E-state index < -0.39 is 25.5 Å². The van der Waals surface area contributed by atoms with Gasteiger partial charge in [0, 0.05) is 6.54 Å². The van der Waals surface area contributed by atoms with E-state index in [1.807, 2.05) is 0 Å². The quantitative estimate of drug-likeness (QED) is 0.515. The number of hydrogen-bond donors (Lipinski definition) is 1. The molecule has 0 aliphatic heterocycles. The van der Waals surface area contributed by atoms with Gasteiger partial charge in [-0.1, -0.05) is 32.6 Å². The SMILES string of the molecule is CCCC(CCCNS(=O)(=O)C1CCCCC1)S(=O)(=O)F. The van der Waals surface area contributed by atoms with E-state index in [4.69, 9.17) is 0 Å². The van der Waals surface area contributed by atoms with Crippen LogP contribution in [0.1, 0.15) is 64.7 Å². The first-order valence-corrected chi connectivity index (χ1v) is 10.7. The maximum atomic E-state index is 13.0. The average Bonchev–Trinajstić information content (AvgIpc) is 2.42. The smallest absolute Gasteiger partial charge is 0.215 e. The molecule has 1 fully saturated rings. The Hall–Kier alpha value is -0.210. The highest BCUT2D eigenvalue weighted by atomic mass is 32.3. The summed E-state index contributed by atoms with van der Waals surface area (Å²) in [6.07, 6.45) is 5.67. The molecule has 0 radical (unpaired) electrons. The summed E-state index contributed by atoms with van der Waals surface area (Å²) in [6, 6.07) is 0. The van der Waals surface area contributed by atoms with Crippen LogP contribution in [0.4, 0.5) is 3.89 Å². The second-order valence-corrected chi connectivity index (χ2v) is 9.39. The van der Waals surface area contributed by atoms with Gasteiger partial charge in [-0.2, -0.15) is 8.42 Å². The van der Waals surface area contributed by atoms with Crippen LogP contribution >= 0.6 is 0 Å². The van der Waals surface area contributed by atoms with Crippen LogP contribution in [0.3, 0.4) is 0 Å². The Morgan fingerprint density at radius 1 is 1.10 bits per heavy atom. The maximum absolute atomic E-state index is 13.0. The summed E-state index contributed by atoms with van der Waals surface area (Å²) in [4.78, 5) is 0. The van der Waals surface area contributed by atoms with Gasteiger partial charge in [-0.25, -0.2) is 13.1 Å². The van der Waals surface area contributed by atoms with E-state index in [1.54, 1.807) is 6.92 Å². The van der Waals surface area contributed by atoms with Crippen molar-refractivity contribution in [2.24, 2.45) is 0 Å². The maximum Gasteiger partial charge on any atom is 0.305 e. The second kappa shape index (κ2) is 8.43. The van der Waals surface area contributed by atoms with Crippen molar-refractivity contribution >= 4 is 20.2 Å². The minimum atomic E-state index is -4.54. The van der Waals surface area contributed by atoms with Gasteiger partial charge in [-0.3, -0.25) is 0 Å². The highest BCUT2D eigenvalue weighted by Crippen LogP contribution is 2.23. The predicted molar refractivity (Wildman–Crippen MR) is 81.8 cm³/mol. The zero-order chi connectivity index (χ0) is 15.9. The lowest BCUT2D eigenvalue weighted by atomic mass is 10.0. The van der Waals surface area contributed by atoms with Gasteiger partial charge < -0.3 is 0 Å². The van der Waals surface area contributed by atoms with E-state index in [2.05, 4.69) is 4.72 Å². The van der Waals surface area contributed by atoms with Gasteiger partial charge in [0.1, 0.15) is 0 Å². The Morgan fingerprint density at radius 3 is 2.24 bits per heavy atom. The molecule has 21 heavy (non-hydrogen) atoms. The van der Waals surface area contributed by atoms with Crippen LogP contribution in [0.5, 0.6) is 0 Å². The van der Waals surface area contributed by atoms with Gasteiger partial charge in [0.2, 0.25) is 10.0 Å². The van der Waals surface area contributed by atoms with E-state index in [1.165, 1.54) is 0 Å². The predicted octanol–water partition coefficient (Wildman–Crippen LogP) is 2.49. The molecular formula is C13H26FNO4S2. The first kappa shape index (κ1) is 18.8. The van der Waals surface area contributed by atoms with Crippen LogP contribution < -0.4 is 4.72 Å². The lowest BCUT2D eigenvalue weighted by Gasteiger charge is -2.22. The second-order valence-electron chi connectivity index (χ2n) is 5.73. The van der Waals surface area contributed by atoms with Crippen molar-refractivity contribution < 1.29 is 20.7 Å². The molecule has 8 heteroatoms. The van der Waals surface area contributed by atoms with Crippen molar-refractivity contribution in [3.8, 4) is 0 Å². The summed E-state index contributed by atoms with van der Waals surface area (Å²) in [5.74, 6) is 0. The first-order valence-electron chi connectivity index (χ1n) is 7.69. The normalized spacial score (nSPS) is 19.5. The van der Waals surface area contributed by atoms with Crippen LogP contribution in [0.2, 0.25) is 0 Å². The molecule has 1 atom stereocenters. The summed E-state index contributed by atoms with van der Waals surface area (Å²) in [5.41, 5.74) is 0. The summed E-state index contributed by atoms with van der Waals surface area (Å²) < 4.78 is 61.6. The number of sulfonamides is 1. The Bertz CT molecular complexity index is 498. The summed E-state index contributed by atoms with van der Waals surface area (Å²) in [5, 5.41) is -1.34. The molecule has 0 aromatic heterocycles. The van der Waals surface area contributed by atoms with Crippen molar-refractivity contribution in [3.05, 3.63) is 0 Å². The molecule has 5 nitrogen and oxygen atoms in total. The molecule has 0 aromatic rings. The number of nitrogens with one attached hydrogen (secondary N) is 1. The Morgan fingerprint density at radius 2 is 1.71 bits per heavy atom. The zero-order valence-electron chi connectivity index (χ0n) is 12.6. The van der Waals surface area contributed by atoms with E-state index in [9.17, 15) is 20.7 Å². The molecular weight excluding hydrogens is 317 g/mol. The average molecular weight is 343 g/mol. The van der Waals surface area contributed by atoms with Crippen molar-refractivity contribution in [3.63, 3.8) is 0 Å². The van der Waals surface area contributed by atoms with Gasteiger partial charge in [0.15, 0.2) is 0 Å². The standard InChI is InChI=1S/C13H26FNO4S2/c1-2-7-12(20(14,16)17)10-6-11-15-21(18,19)13-8-4-3-5-9-13/h12-13,15H,2-11H2,1H3. The van der Waals surface area contributed by atoms with Gasteiger partial charge in [-0.05, 0) is 32.1 Å². The lowest BCUT2D eigenvalue weighted by molar-refractivity contribution is 0.475. The van der Waals surface area contributed by atoms with Gasteiger partial charge in [-0.15, -0.1) is 3.89 Å². The van der Waals surface area contributed by atoms with Crippen LogP contribution in [-0.4, -0.2) is 33.9 Å². The molecule has 1 aliphatic carbocycles. The van der Waals surface area contributed by atoms with Crippen LogP contribution in [-0.2, 0) is 20.2 Å².